The fraction of sp³-hybridized carbons (Fsp3) is 0.176. The number of halogens is 6. The van der Waals surface area contributed by atoms with E-state index in [1.165, 1.54) is 12.1 Å². The first kappa shape index (κ1) is 20.8. The molecule has 0 aliphatic heterocycles. The summed E-state index contributed by atoms with van der Waals surface area (Å²) in [6.07, 6.45) is 0. The predicted octanol–water partition coefficient (Wildman–Crippen LogP) is 6.52. The van der Waals surface area contributed by atoms with Crippen molar-refractivity contribution in [3.05, 3.63) is 61.5 Å². The molecule has 2 atom stereocenters. The summed E-state index contributed by atoms with van der Waals surface area (Å²) in [5.74, 6) is -3.13. The highest BCUT2D eigenvalue weighted by Gasteiger charge is 2.67. The van der Waals surface area contributed by atoms with E-state index in [4.69, 9.17) is 74.7 Å². The van der Waals surface area contributed by atoms with Crippen molar-refractivity contribution >= 4 is 87.2 Å². The smallest absolute Gasteiger partial charge is 0.337 e. The second-order valence-electron chi connectivity index (χ2n) is 5.94. The van der Waals surface area contributed by atoms with Crippen LogP contribution in [0.15, 0.2) is 30.3 Å². The van der Waals surface area contributed by atoms with Crippen molar-refractivity contribution in [2.24, 2.45) is 5.92 Å². The van der Waals surface area contributed by atoms with Crippen LogP contribution in [0.5, 0.6) is 0 Å². The summed E-state index contributed by atoms with van der Waals surface area (Å²) in [5, 5.41) is 12.5. The summed E-state index contributed by atoms with van der Waals surface area (Å²) >= 11 is 36.5. The quantitative estimate of drug-likeness (QED) is 0.482. The van der Waals surface area contributed by atoms with E-state index in [1.54, 1.807) is 18.2 Å². The number of rotatable bonds is 4. The summed E-state index contributed by atoms with van der Waals surface area (Å²) in [6.45, 7) is 0. The summed E-state index contributed by atoms with van der Waals surface area (Å²) < 4.78 is -1.37. The number of alkyl halides is 2. The molecule has 142 valence electrons. The van der Waals surface area contributed by atoms with Crippen LogP contribution in [-0.4, -0.2) is 21.3 Å². The van der Waals surface area contributed by atoms with Gasteiger partial charge >= 0.3 is 5.97 Å². The molecule has 1 amide bonds. The van der Waals surface area contributed by atoms with Crippen LogP contribution in [0.1, 0.15) is 21.8 Å². The average molecular weight is 488 g/mol. The van der Waals surface area contributed by atoms with Crippen molar-refractivity contribution in [2.45, 2.75) is 10.3 Å². The van der Waals surface area contributed by atoms with Gasteiger partial charge in [-0.15, -0.1) is 23.2 Å². The van der Waals surface area contributed by atoms with Gasteiger partial charge in [0.15, 0.2) is 0 Å². The minimum absolute atomic E-state index is 0.0487. The number of hydrogen-bond acceptors (Lipinski definition) is 2. The lowest BCUT2D eigenvalue weighted by molar-refractivity contribution is -0.117. The molecule has 0 heterocycles. The van der Waals surface area contributed by atoms with Gasteiger partial charge in [-0.25, -0.2) is 4.79 Å². The summed E-state index contributed by atoms with van der Waals surface area (Å²) in [4.78, 5) is 23.9. The zero-order chi connectivity index (χ0) is 20.1. The Balaban J connectivity index is 1.87. The zero-order valence-corrected chi connectivity index (χ0v) is 17.6. The van der Waals surface area contributed by atoms with Crippen molar-refractivity contribution in [3.63, 3.8) is 0 Å². The SMILES string of the molecule is O=C(O)c1cc(NC(=O)[C@@H]2[C@@H](c3cc(Cl)cc(Cl)c3)C2(Cl)Cl)c(Cl)cc1Cl. The molecule has 2 N–H and O–H groups in total. The second-order valence-corrected chi connectivity index (χ2v) is 9.07. The van der Waals surface area contributed by atoms with Gasteiger partial charge in [0.2, 0.25) is 5.91 Å². The van der Waals surface area contributed by atoms with E-state index in [0.29, 0.717) is 15.6 Å². The maximum atomic E-state index is 12.7. The van der Waals surface area contributed by atoms with Gasteiger partial charge in [-0.3, -0.25) is 4.79 Å². The highest BCUT2D eigenvalue weighted by Crippen LogP contribution is 2.65. The number of nitrogens with one attached hydrogen (secondary N) is 1. The lowest BCUT2D eigenvalue weighted by Gasteiger charge is -2.10. The first-order valence-electron chi connectivity index (χ1n) is 7.39. The first-order valence-corrected chi connectivity index (χ1v) is 9.66. The van der Waals surface area contributed by atoms with Crippen molar-refractivity contribution in [1.82, 2.24) is 0 Å². The lowest BCUT2D eigenvalue weighted by atomic mass is 10.1. The van der Waals surface area contributed by atoms with Gasteiger partial charge in [0.05, 0.1) is 27.2 Å². The molecular weight excluding hydrogens is 479 g/mol. The summed E-state index contributed by atoms with van der Waals surface area (Å²) in [6, 6.07) is 7.21. The molecule has 3 rings (SSSR count). The Labute approximate surface area is 184 Å². The van der Waals surface area contributed by atoms with Crippen LogP contribution in [0.3, 0.4) is 0 Å². The van der Waals surface area contributed by atoms with Crippen LogP contribution >= 0.6 is 69.6 Å². The zero-order valence-electron chi connectivity index (χ0n) is 13.1. The number of aromatic carboxylic acids is 1. The van der Waals surface area contributed by atoms with Crippen LogP contribution in [0, 0.1) is 5.92 Å². The molecule has 2 aromatic rings. The van der Waals surface area contributed by atoms with Gasteiger partial charge < -0.3 is 10.4 Å². The number of carbonyl (C=O) groups is 2. The predicted molar refractivity (Wildman–Crippen MR) is 109 cm³/mol. The molecule has 4 nitrogen and oxygen atoms in total. The molecule has 1 aliphatic carbocycles. The van der Waals surface area contributed by atoms with E-state index in [-0.39, 0.29) is 21.3 Å². The Hall–Kier alpha value is -0.880. The van der Waals surface area contributed by atoms with Crippen LogP contribution in [0.25, 0.3) is 0 Å². The maximum Gasteiger partial charge on any atom is 0.337 e. The minimum atomic E-state index is -1.37. The van der Waals surface area contributed by atoms with E-state index in [0.717, 1.165) is 0 Å². The number of carbonyl (C=O) groups excluding carboxylic acids is 1. The van der Waals surface area contributed by atoms with Gasteiger partial charge in [0.25, 0.3) is 0 Å². The Bertz CT molecular complexity index is 942. The maximum absolute atomic E-state index is 12.7. The van der Waals surface area contributed by atoms with Crippen LogP contribution in [0.2, 0.25) is 20.1 Å². The monoisotopic (exact) mass is 485 g/mol. The molecule has 27 heavy (non-hydrogen) atoms. The molecule has 0 saturated heterocycles. The van der Waals surface area contributed by atoms with E-state index in [2.05, 4.69) is 5.32 Å². The topological polar surface area (TPSA) is 66.4 Å². The third kappa shape index (κ3) is 4.12. The van der Waals surface area contributed by atoms with Gasteiger partial charge in [-0.1, -0.05) is 46.4 Å². The van der Waals surface area contributed by atoms with Gasteiger partial charge in [0.1, 0.15) is 4.33 Å². The Morgan fingerprint density at radius 3 is 2.07 bits per heavy atom. The number of anilines is 1. The number of carboxylic acid groups (broad SMARTS) is 1. The van der Waals surface area contributed by atoms with Crippen molar-refractivity contribution < 1.29 is 14.7 Å². The van der Waals surface area contributed by atoms with Crippen molar-refractivity contribution in [2.75, 3.05) is 5.32 Å². The van der Waals surface area contributed by atoms with Gasteiger partial charge in [-0.05, 0) is 35.9 Å². The number of benzene rings is 2. The second kappa shape index (κ2) is 7.51. The molecule has 1 aliphatic rings. The highest BCUT2D eigenvalue weighted by atomic mass is 35.5. The average Bonchev–Trinajstić information content (AvgIpc) is 3.11. The lowest BCUT2D eigenvalue weighted by Crippen LogP contribution is -2.18. The van der Waals surface area contributed by atoms with E-state index >= 15 is 0 Å². The van der Waals surface area contributed by atoms with Gasteiger partial charge in [0, 0.05) is 16.0 Å². The molecule has 1 fully saturated rings. The Morgan fingerprint density at radius 2 is 1.52 bits per heavy atom. The molecule has 0 bridgehead atoms. The molecule has 0 aromatic heterocycles. The largest absolute Gasteiger partial charge is 0.478 e. The normalized spacial score (nSPS) is 20.2. The van der Waals surface area contributed by atoms with E-state index in [9.17, 15) is 9.59 Å². The highest BCUT2D eigenvalue weighted by molar-refractivity contribution is 6.53. The number of carboxylic acids is 1. The van der Waals surface area contributed by atoms with Crippen LogP contribution < -0.4 is 5.32 Å². The first-order chi connectivity index (χ1) is 12.5. The molecular formula is C17H9Cl6NO3. The number of hydrogen-bond donors (Lipinski definition) is 2. The molecule has 1 saturated carbocycles. The standard InChI is InChI=1S/C17H9Cl6NO3/c18-7-1-6(2-8(19)3-7)13-14(17(13,22)23)15(25)24-12-4-9(16(26)27)10(20)5-11(12)21/h1-5,13-14H,(H,24,25)(H,26,27)/t13-,14+/m1/s1. The molecule has 0 radical (unpaired) electrons. The Morgan fingerprint density at radius 1 is 0.926 bits per heavy atom. The van der Waals surface area contributed by atoms with Gasteiger partial charge in [-0.2, -0.15) is 0 Å². The summed E-state index contributed by atoms with van der Waals surface area (Å²) in [7, 11) is 0. The Kier molecular flexibility index (Phi) is 5.80. The molecule has 10 heteroatoms. The fourth-order valence-corrected chi connectivity index (χ4v) is 4.72. The van der Waals surface area contributed by atoms with E-state index in [1.807, 2.05) is 0 Å². The van der Waals surface area contributed by atoms with Crippen LogP contribution in [0.4, 0.5) is 5.69 Å². The van der Waals surface area contributed by atoms with Crippen LogP contribution in [-0.2, 0) is 4.79 Å². The summed E-state index contributed by atoms with van der Waals surface area (Å²) in [5.41, 5.74) is 0.502. The van der Waals surface area contributed by atoms with Crippen molar-refractivity contribution in [1.29, 1.82) is 0 Å². The van der Waals surface area contributed by atoms with Crippen molar-refractivity contribution in [3.8, 4) is 0 Å². The number of amides is 1. The molecule has 0 unspecified atom stereocenters. The molecule has 2 aromatic carbocycles. The van der Waals surface area contributed by atoms with E-state index < -0.39 is 28.0 Å². The third-order valence-electron chi connectivity index (χ3n) is 4.13. The fourth-order valence-electron chi connectivity index (χ4n) is 2.84. The minimum Gasteiger partial charge on any atom is -0.478 e. The molecule has 0 spiro atoms. The third-order valence-corrected chi connectivity index (χ3v) is 6.13.